The van der Waals surface area contributed by atoms with Crippen molar-refractivity contribution in [2.24, 2.45) is 0 Å². The lowest BCUT2D eigenvalue weighted by Crippen LogP contribution is -2.14. The minimum atomic E-state index is -0.661. The number of benzene rings is 3. The molecule has 0 radical (unpaired) electrons. The molecule has 1 N–H and O–H groups in total. The van der Waals surface area contributed by atoms with E-state index in [0.29, 0.717) is 40.2 Å². The first-order valence-corrected chi connectivity index (χ1v) is 11.6. The Labute approximate surface area is 224 Å². The first kappa shape index (κ1) is 27.8. The lowest BCUT2D eigenvalue weighted by molar-refractivity contribution is -0.384. The van der Waals surface area contributed by atoms with Gasteiger partial charge in [0, 0.05) is 24.3 Å². The first-order chi connectivity index (χ1) is 18.3. The van der Waals surface area contributed by atoms with Gasteiger partial charge in [-0.1, -0.05) is 17.7 Å². The van der Waals surface area contributed by atoms with Gasteiger partial charge in [0.15, 0.2) is 11.5 Å². The predicted molar refractivity (Wildman–Crippen MR) is 142 cm³/mol. The Bertz CT molecular complexity index is 1400. The Hall–Kier alpha value is -4.75. The molecule has 0 spiro atoms. The van der Waals surface area contributed by atoms with E-state index in [9.17, 15) is 20.2 Å². The minimum absolute atomic E-state index is 0.00845. The molecule has 38 heavy (non-hydrogen) atoms. The normalized spacial score (nSPS) is 10.8. The van der Waals surface area contributed by atoms with Gasteiger partial charge in [0.05, 0.1) is 36.5 Å². The van der Waals surface area contributed by atoms with Crippen molar-refractivity contribution in [3.05, 3.63) is 86.4 Å². The third-order valence-corrected chi connectivity index (χ3v) is 5.50. The Morgan fingerprint density at radius 1 is 1.03 bits per heavy atom. The summed E-state index contributed by atoms with van der Waals surface area (Å²) >= 11 is 6.11. The van der Waals surface area contributed by atoms with Crippen LogP contribution in [-0.4, -0.2) is 31.7 Å². The number of halogens is 1. The maximum absolute atomic E-state index is 12.9. The number of nitro benzene ring substituents is 1. The molecule has 0 bridgehead atoms. The van der Waals surface area contributed by atoms with Crippen LogP contribution >= 0.6 is 11.6 Å². The molecule has 10 nitrogen and oxygen atoms in total. The van der Waals surface area contributed by atoms with E-state index >= 15 is 0 Å². The van der Waals surface area contributed by atoms with Gasteiger partial charge in [-0.25, -0.2) is 0 Å². The molecule has 0 fully saturated rings. The zero-order chi connectivity index (χ0) is 27.7. The van der Waals surface area contributed by atoms with Crippen molar-refractivity contribution in [3.63, 3.8) is 0 Å². The lowest BCUT2D eigenvalue weighted by Gasteiger charge is -2.14. The highest BCUT2D eigenvalue weighted by molar-refractivity contribution is 6.32. The van der Waals surface area contributed by atoms with Gasteiger partial charge in [-0.3, -0.25) is 14.9 Å². The quantitative estimate of drug-likeness (QED) is 0.141. The summed E-state index contributed by atoms with van der Waals surface area (Å²) in [6.07, 6.45) is 1.41. The topological polar surface area (TPSA) is 133 Å². The molecular formula is C27H24ClN3O7. The highest BCUT2D eigenvalue weighted by Crippen LogP contribution is 2.36. The van der Waals surface area contributed by atoms with E-state index in [2.05, 4.69) is 5.32 Å². The number of nitriles is 1. The van der Waals surface area contributed by atoms with Gasteiger partial charge in [-0.2, -0.15) is 5.26 Å². The van der Waals surface area contributed by atoms with Gasteiger partial charge < -0.3 is 24.3 Å². The Morgan fingerprint density at radius 2 is 1.74 bits per heavy atom. The number of amides is 1. The molecule has 3 aromatic carbocycles. The SMILES string of the molecule is CCOc1cc(/C=C(\C#N)C(=O)Nc2cc(OC)c(Cl)cc2OC)ccc1OCc1ccc([N+](=O)[O-])cc1. The molecule has 1 amide bonds. The second kappa shape index (κ2) is 13.0. The number of carbonyl (C=O) groups excluding carboxylic acids is 1. The van der Waals surface area contributed by atoms with Gasteiger partial charge in [0.25, 0.3) is 11.6 Å². The van der Waals surface area contributed by atoms with Gasteiger partial charge in [0.2, 0.25) is 0 Å². The largest absolute Gasteiger partial charge is 0.495 e. The monoisotopic (exact) mass is 537 g/mol. The predicted octanol–water partition coefficient (Wildman–Crippen LogP) is 5.79. The van der Waals surface area contributed by atoms with Gasteiger partial charge >= 0.3 is 0 Å². The molecule has 0 saturated carbocycles. The van der Waals surface area contributed by atoms with E-state index in [0.717, 1.165) is 5.56 Å². The van der Waals surface area contributed by atoms with Crippen LogP contribution in [0.4, 0.5) is 11.4 Å². The highest BCUT2D eigenvalue weighted by Gasteiger charge is 2.16. The van der Waals surface area contributed by atoms with Crippen molar-refractivity contribution < 1.29 is 28.7 Å². The third kappa shape index (κ3) is 6.93. The summed E-state index contributed by atoms with van der Waals surface area (Å²) in [7, 11) is 2.87. The van der Waals surface area contributed by atoms with Crippen LogP contribution in [0.5, 0.6) is 23.0 Å². The summed E-state index contributed by atoms with van der Waals surface area (Å²) < 4.78 is 22.0. The van der Waals surface area contributed by atoms with Crippen LogP contribution in [0.3, 0.4) is 0 Å². The van der Waals surface area contributed by atoms with Crippen molar-refractivity contribution in [3.8, 4) is 29.1 Å². The van der Waals surface area contributed by atoms with Crippen molar-refractivity contribution >= 4 is 35.0 Å². The lowest BCUT2D eigenvalue weighted by atomic mass is 10.1. The van der Waals surface area contributed by atoms with Crippen LogP contribution in [-0.2, 0) is 11.4 Å². The van der Waals surface area contributed by atoms with Gasteiger partial charge in [0.1, 0.15) is 29.7 Å². The molecule has 0 aliphatic rings. The van der Waals surface area contributed by atoms with E-state index in [1.165, 1.54) is 44.6 Å². The van der Waals surface area contributed by atoms with Gasteiger partial charge in [-0.15, -0.1) is 0 Å². The number of rotatable bonds is 11. The number of hydrogen-bond acceptors (Lipinski definition) is 8. The molecule has 0 aromatic heterocycles. The number of anilines is 1. The molecule has 3 rings (SSSR count). The van der Waals surface area contributed by atoms with Gasteiger partial charge in [-0.05, 0) is 48.4 Å². The molecule has 3 aromatic rings. The fraction of sp³-hybridized carbons (Fsp3) is 0.185. The van der Waals surface area contributed by atoms with E-state index in [-0.39, 0.29) is 23.6 Å². The average molecular weight is 538 g/mol. The molecule has 0 saturated heterocycles. The number of carbonyl (C=O) groups is 1. The molecule has 0 atom stereocenters. The summed E-state index contributed by atoms with van der Waals surface area (Å²) in [4.78, 5) is 23.2. The van der Waals surface area contributed by atoms with E-state index < -0.39 is 10.8 Å². The summed E-state index contributed by atoms with van der Waals surface area (Å²) in [5.74, 6) is 0.811. The van der Waals surface area contributed by atoms with Crippen LogP contribution < -0.4 is 24.3 Å². The smallest absolute Gasteiger partial charge is 0.269 e. The maximum atomic E-state index is 12.9. The molecule has 0 unspecified atom stereocenters. The molecule has 11 heteroatoms. The van der Waals surface area contributed by atoms with E-state index in [1.54, 1.807) is 30.3 Å². The second-order valence-electron chi connectivity index (χ2n) is 7.66. The molecule has 0 aliphatic carbocycles. The number of nitro groups is 1. The van der Waals surface area contributed by atoms with Crippen LogP contribution in [0.2, 0.25) is 5.02 Å². The number of non-ortho nitro benzene ring substituents is 1. The number of nitrogens with zero attached hydrogens (tertiary/aromatic N) is 2. The number of methoxy groups -OCH3 is 2. The minimum Gasteiger partial charge on any atom is -0.495 e. The van der Waals surface area contributed by atoms with E-state index in [4.69, 9.17) is 30.5 Å². The summed E-state index contributed by atoms with van der Waals surface area (Å²) in [6.45, 7) is 2.32. The fourth-order valence-corrected chi connectivity index (χ4v) is 3.57. The maximum Gasteiger partial charge on any atom is 0.269 e. The van der Waals surface area contributed by atoms with Crippen LogP contribution in [0.1, 0.15) is 18.1 Å². The van der Waals surface area contributed by atoms with E-state index in [1.807, 2.05) is 13.0 Å². The molecule has 0 heterocycles. The van der Waals surface area contributed by atoms with Crippen LogP contribution in [0.15, 0.2) is 60.2 Å². The standard InChI is InChI=1S/C27H24ClN3O7/c1-4-37-26-12-18(7-10-23(26)38-16-17-5-8-20(9-6-17)31(33)34)11-19(15-29)27(32)30-22-14-24(35-2)21(28)13-25(22)36-3/h5-14H,4,16H2,1-3H3,(H,30,32)/b19-11+. The fourth-order valence-electron chi connectivity index (χ4n) is 3.34. The molecular weight excluding hydrogens is 514 g/mol. The zero-order valence-corrected chi connectivity index (χ0v) is 21.6. The first-order valence-electron chi connectivity index (χ1n) is 11.3. The van der Waals surface area contributed by atoms with Crippen molar-refractivity contribution in [2.45, 2.75) is 13.5 Å². The summed E-state index contributed by atoms with van der Waals surface area (Å²) in [5, 5.41) is 23.4. The van der Waals surface area contributed by atoms with Crippen molar-refractivity contribution in [1.29, 1.82) is 5.26 Å². The number of ether oxygens (including phenoxy) is 4. The third-order valence-electron chi connectivity index (χ3n) is 5.21. The number of nitrogens with one attached hydrogen (secondary N) is 1. The Kier molecular flexibility index (Phi) is 9.51. The summed E-state index contributed by atoms with van der Waals surface area (Å²) in [5.41, 5.74) is 1.38. The summed E-state index contributed by atoms with van der Waals surface area (Å²) in [6, 6.07) is 15.9. The number of hydrogen-bond donors (Lipinski definition) is 1. The average Bonchev–Trinajstić information content (AvgIpc) is 2.92. The second-order valence-corrected chi connectivity index (χ2v) is 8.07. The van der Waals surface area contributed by atoms with Crippen LogP contribution in [0.25, 0.3) is 6.08 Å². The Balaban J connectivity index is 1.80. The van der Waals surface area contributed by atoms with Crippen molar-refractivity contribution in [1.82, 2.24) is 0 Å². The Morgan fingerprint density at radius 3 is 2.34 bits per heavy atom. The molecule has 196 valence electrons. The van der Waals surface area contributed by atoms with Crippen molar-refractivity contribution in [2.75, 3.05) is 26.1 Å². The van der Waals surface area contributed by atoms with Crippen LogP contribution in [0, 0.1) is 21.4 Å². The highest BCUT2D eigenvalue weighted by atomic mass is 35.5. The zero-order valence-electron chi connectivity index (χ0n) is 20.8. The molecule has 0 aliphatic heterocycles.